The molecule has 0 aliphatic heterocycles. The van der Waals surface area contributed by atoms with Gasteiger partial charge in [-0.25, -0.2) is 4.79 Å². The van der Waals surface area contributed by atoms with Crippen molar-refractivity contribution in [3.8, 4) is 0 Å². The second-order valence-electron chi connectivity index (χ2n) is 2.49. The van der Waals surface area contributed by atoms with E-state index >= 15 is 0 Å². The third kappa shape index (κ3) is 2.22. The van der Waals surface area contributed by atoms with Gasteiger partial charge < -0.3 is 4.42 Å². The highest BCUT2D eigenvalue weighted by Gasteiger charge is 2.00. The molecule has 1 aromatic heterocycles. The molecule has 1 rings (SSSR count). The maximum absolute atomic E-state index is 10.8. The zero-order valence-corrected chi connectivity index (χ0v) is 7.20. The normalized spacial score (nSPS) is 10.2. The Morgan fingerprint density at radius 2 is 2.17 bits per heavy atom. The van der Waals surface area contributed by atoms with Crippen LogP contribution in [0.25, 0.3) is 0 Å². The molecule has 0 N–H and O–H groups in total. The lowest BCUT2D eigenvalue weighted by atomic mass is 10.1. The van der Waals surface area contributed by atoms with Gasteiger partial charge in [-0.3, -0.25) is 0 Å². The summed E-state index contributed by atoms with van der Waals surface area (Å²) in [5.41, 5.74) is 0.657. The van der Waals surface area contributed by atoms with Gasteiger partial charge in [0.05, 0.1) is 0 Å². The van der Waals surface area contributed by atoms with Gasteiger partial charge in [0.1, 0.15) is 5.76 Å². The molecule has 0 aliphatic rings. The van der Waals surface area contributed by atoms with Crippen molar-refractivity contribution < 1.29 is 4.42 Å². The summed E-state index contributed by atoms with van der Waals surface area (Å²) in [5, 5.41) is 0. The summed E-state index contributed by atoms with van der Waals surface area (Å²) in [7, 11) is 0. The van der Waals surface area contributed by atoms with Crippen LogP contribution in [0.3, 0.4) is 0 Å². The summed E-state index contributed by atoms with van der Waals surface area (Å²) in [6.07, 6.45) is 5.49. The van der Waals surface area contributed by atoms with Gasteiger partial charge in [-0.15, -0.1) is 0 Å². The molecule has 3 radical (unpaired) electrons. The number of unbranched alkanes of at least 4 members (excludes halogenated alkanes) is 1. The molecule has 0 amide bonds. The van der Waals surface area contributed by atoms with Crippen molar-refractivity contribution in [3.05, 3.63) is 53.1 Å². The van der Waals surface area contributed by atoms with Crippen LogP contribution in [0.5, 0.6) is 0 Å². The molecule has 0 spiro atoms. The minimum absolute atomic E-state index is 0.309. The standard InChI is InChI=1S/C10H11O2/c1-3-4-5-9-8(2)6-7-10(11)12-9/h3-7H,1-2H3. The zero-order chi connectivity index (χ0) is 8.97. The predicted molar refractivity (Wildman–Crippen MR) is 47.4 cm³/mol. The Bertz CT molecular complexity index is 299. The molecule has 0 aliphatic carbocycles. The molecule has 2 nitrogen and oxygen atoms in total. The molecule has 0 atom stereocenters. The number of hydrogen-bond acceptors (Lipinski definition) is 2. The molecule has 1 aromatic rings. The smallest absolute Gasteiger partial charge is 0.335 e. The van der Waals surface area contributed by atoms with Crippen molar-refractivity contribution in [2.45, 2.75) is 13.8 Å². The van der Waals surface area contributed by atoms with Crippen LogP contribution in [0.4, 0.5) is 0 Å². The fourth-order valence-corrected chi connectivity index (χ4v) is 0.847. The summed E-state index contributed by atoms with van der Waals surface area (Å²) in [4.78, 5) is 10.8. The molecule has 63 valence electrons. The van der Waals surface area contributed by atoms with Gasteiger partial charge in [0, 0.05) is 12.5 Å². The number of aryl methyl sites for hydroxylation is 1. The van der Waals surface area contributed by atoms with Crippen molar-refractivity contribution in [3.63, 3.8) is 0 Å². The van der Waals surface area contributed by atoms with Crippen LogP contribution in [-0.4, -0.2) is 0 Å². The van der Waals surface area contributed by atoms with Crippen molar-refractivity contribution in [1.82, 2.24) is 0 Å². The Hall–Kier alpha value is -1.05. The van der Waals surface area contributed by atoms with Gasteiger partial charge in [-0.05, 0) is 31.4 Å². The lowest BCUT2D eigenvalue weighted by Crippen LogP contribution is -2.00. The Labute approximate surface area is 72.2 Å². The molecule has 0 aromatic carbocycles. The highest BCUT2D eigenvalue weighted by Crippen LogP contribution is 2.08. The Kier molecular flexibility index (Phi) is 3.09. The van der Waals surface area contributed by atoms with Gasteiger partial charge in [-0.2, -0.15) is 0 Å². The van der Waals surface area contributed by atoms with E-state index in [2.05, 4.69) is 0 Å². The maximum Gasteiger partial charge on any atom is 0.335 e. The van der Waals surface area contributed by atoms with E-state index in [-0.39, 0.29) is 5.63 Å². The summed E-state index contributed by atoms with van der Waals surface area (Å²) >= 11 is 0. The second kappa shape index (κ2) is 4.10. The van der Waals surface area contributed by atoms with E-state index in [9.17, 15) is 4.79 Å². The van der Waals surface area contributed by atoms with Crippen molar-refractivity contribution in [2.75, 3.05) is 0 Å². The monoisotopic (exact) mass is 163 g/mol. The molecule has 0 unspecified atom stereocenters. The van der Waals surface area contributed by atoms with Crippen LogP contribution in [0.1, 0.15) is 18.2 Å². The quantitative estimate of drug-likeness (QED) is 0.681. The first kappa shape index (κ1) is 9.04. The van der Waals surface area contributed by atoms with Crippen molar-refractivity contribution >= 4 is 0 Å². The zero-order valence-electron chi connectivity index (χ0n) is 7.20. The molecule has 0 saturated heterocycles. The van der Waals surface area contributed by atoms with Crippen molar-refractivity contribution in [2.24, 2.45) is 0 Å². The average Bonchev–Trinajstić information content (AvgIpc) is 2.07. The van der Waals surface area contributed by atoms with Crippen LogP contribution >= 0.6 is 0 Å². The van der Waals surface area contributed by atoms with Gasteiger partial charge in [-0.1, -0.05) is 6.92 Å². The molecule has 2 heteroatoms. The number of hydrogen-bond donors (Lipinski definition) is 0. The predicted octanol–water partition coefficient (Wildman–Crippen LogP) is 1.93. The molecule has 1 heterocycles. The van der Waals surface area contributed by atoms with Crippen LogP contribution in [0.15, 0.2) is 21.3 Å². The third-order valence-electron chi connectivity index (χ3n) is 1.51. The van der Waals surface area contributed by atoms with Gasteiger partial charge in [0.2, 0.25) is 0 Å². The molecule has 0 bridgehead atoms. The van der Waals surface area contributed by atoms with E-state index < -0.39 is 0 Å². The van der Waals surface area contributed by atoms with E-state index in [1.54, 1.807) is 12.5 Å². The highest BCUT2D eigenvalue weighted by atomic mass is 16.4. The summed E-state index contributed by atoms with van der Waals surface area (Å²) in [6, 6.07) is 3.17. The first-order valence-electron chi connectivity index (χ1n) is 3.81. The molecule has 0 saturated carbocycles. The van der Waals surface area contributed by atoms with Gasteiger partial charge >= 0.3 is 5.63 Å². The van der Waals surface area contributed by atoms with Crippen LogP contribution < -0.4 is 5.63 Å². The van der Waals surface area contributed by atoms with Crippen LogP contribution in [-0.2, 0) is 0 Å². The average molecular weight is 163 g/mol. The lowest BCUT2D eigenvalue weighted by Gasteiger charge is -2.00. The first-order valence-corrected chi connectivity index (χ1v) is 3.81. The third-order valence-corrected chi connectivity index (χ3v) is 1.51. The molecule has 0 fully saturated rings. The Morgan fingerprint density at radius 1 is 1.42 bits per heavy atom. The summed E-state index contributed by atoms with van der Waals surface area (Å²) in [5.74, 6) is 0.626. The molecular formula is C10H11O2. The van der Waals surface area contributed by atoms with Crippen LogP contribution in [0.2, 0.25) is 0 Å². The first-order chi connectivity index (χ1) is 5.74. The lowest BCUT2D eigenvalue weighted by molar-refractivity contribution is 0.483. The fraction of sp³-hybridized carbons (Fsp3) is 0.200. The fourth-order valence-electron chi connectivity index (χ4n) is 0.847. The largest absolute Gasteiger partial charge is 0.427 e. The van der Waals surface area contributed by atoms with E-state index in [1.165, 1.54) is 6.07 Å². The minimum atomic E-state index is -0.309. The van der Waals surface area contributed by atoms with E-state index in [4.69, 9.17) is 4.42 Å². The highest BCUT2D eigenvalue weighted by molar-refractivity contribution is 5.25. The van der Waals surface area contributed by atoms with Gasteiger partial charge in [0.15, 0.2) is 0 Å². The molecule has 12 heavy (non-hydrogen) atoms. The topological polar surface area (TPSA) is 30.2 Å². The van der Waals surface area contributed by atoms with E-state index in [0.29, 0.717) is 5.76 Å². The van der Waals surface area contributed by atoms with E-state index in [0.717, 1.165) is 5.56 Å². The Balaban J connectivity index is 2.82. The summed E-state index contributed by atoms with van der Waals surface area (Å²) < 4.78 is 4.95. The Morgan fingerprint density at radius 3 is 2.83 bits per heavy atom. The minimum Gasteiger partial charge on any atom is -0.427 e. The van der Waals surface area contributed by atoms with Crippen molar-refractivity contribution in [1.29, 1.82) is 0 Å². The SMILES string of the molecule is C[CH][CH][CH]c1oc(=O)ccc1C. The molecular weight excluding hydrogens is 152 g/mol. The number of rotatable bonds is 3. The maximum atomic E-state index is 10.8. The van der Waals surface area contributed by atoms with Crippen LogP contribution in [0, 0.1) is 26.2 Å². The summed E-state index contributed by atoms with van der Waals surface area (Å²) in [6.45, 7) is 3.81. The van der Waals surface area contributed by atoms with E-state index in [1.807, 2.05) is 26.7 Å². The van der Waals surface area contributed by atoms with Gasteiger partial charge in [0.25, 0.3) is 0 Å². The second-order valence-corrected chi connectivity index (χ2v) is 2.49.